The summed E-state index contributed by atoms with van der Waals surface area (Å²) in [6, 6.07) is 0.535. The van der Waals surface area contributed by atoms with Gasteiger partial charge in [-0.15, -0.1) is 0 Å². The summed E-state index contributed by atoms with van der Waals surface area (Å²) < 4.78 is 0. The third-order valence-corrected chi connectivity index (χ3v) is 3.30. The zero-order valence-electron chi connectivity index (χ0n) is 6.50. The van der Waals surface area contributed by atoms with Crippen LogP contribution in [0.5, 0.6) is 0 Å². The van der Waals surface area contributed by atoms with Crippen molar-refractivity contribution in [1.82, 2.24) is 5.32 Å². The van der Waals surface area contributed by atoms with Crippen LogP contribution in [0.15, 0.2) is 0 Å². The van der Waals surface area contributed by atoms with Crippen LogP contribution >= 0.6 is 11.8 Å². The highest BCUT2D eigenvalue weighted by atomic mass is 32.2. The molecule has 3 heteroatoms. The molecule has 0 heterocycles. The van der Waals surface area contributed by atoms with E-state index in [1.807, 2.05) is 7.05 Å². The van der Waals surface area contributed by atoms with Gasteiger partial charge in [0.05, 0.1) is 6.10 Å². The fourth-order valence-electron chi connectivity index (χ4n) is 1.47. The molecule has 0 saturated heterocycles. The largest absolute Gasteiger partial charge is 0.392 e. The van der Waals surface area contributed by atoms with Gasteiger partial charge in [-0.3, -0.25) is 0 Å². The molecule has 2 nitrogen and oxygen atoms in total. The Morgan fingerprint density at radius 1 is 1.50 bits per heavy atom. The van der Waals surface area contributed by atoms with Crippen molar-refractivity contribution in [2.45, 2.75) is 30.2 Å². The van der Waals surface area contributed by atoms with Gasteiger partial charge in [-0.1, -0.05) is 0 Å². The van der Waals surface area contributed by atoms with Gasteiger partial charge in [0.1, 0.15) is 0 Å². The summed E-state index contributed by atoms with van der Waals surface area (Å²) in [7, 11) is 1.96. The lowest BCUT2D eigenvalue weighted by molar-refractivity contribution is 0.185. The fraction of sp³-hybridized carbons (Fsp3) is 1.00. The lowest BCUT2D eigenvalue weighted by Gasteiger charge is -2.08. The van der Waals surface area contributed by atoms with Crippen LogP contribution in [0.1, 0.15) is 12.8 Å². The van der Waals surface area contributed by atoms with E-state index in [1.54, 1.807) is 11.8 Å². The number of rotatable bonds is 2. The summed E-state index contributed by atoms with van der Waals surface area (Å²) in [6.45, 7) is 0. The number of hydrogen-bond donors (Lipinski definition) is 2. The van der Waals surface area contributed by atoms with Crippen molar-refractivity contribution in [2.24, 2.45) is 0 Å². The van der Waals surface area contributed by atoms with Gasteiger partial charge in [0, 0.05) is 11.3 Å². The third-order valence-electron chi connectivity index (χ3n) is 2.18. The Kier molecular flexibility index (Phi) is 3.01. The summed E-state index contributed by atoms with van der Waals surface area (Å²) in [4.78, 5) is 0. The summed E-state index contributed by atoms with van der Waals surface area (Å²) in [6.07, 6.45) is 4.00. The average molecular weight is 161 g/mol. The molecule has 2 N–H and O–H groups in total. The van der Waals surface area contributed by atoms with Crippen molar-refractivity contribution in [3.8, 4) is 0 Å². The monoisotopic (exact) mass is 161 g/mol. The maximum atomic E-state index is 9.43. The van der Waals surface area contributed by atoms with Crippen LogP contribution < -0.4 is 5.32 Å². The van der Waals surface area contributed by atoms with Crippen molar-refractivity contribution in [2.75, 3.05) is 13.3 Å². The standard InChI is InChI=1S/C7H15NOS/c1-8-5-3-6(9)7(4-5)10-2/h5-9H,3-4H2,1-2H3/t5-,6+,7+/m0/s1. The van der Waals surface area contributed by atoms with Crippen LogP contribution in [0.4, 0.5) is 0 Å². The van der Waals surface area contributed by atoms with Gasteiger partial charge in [-0.2, -0.15) is 11.8 Å². The van der Waals surface area contributed by atoms with Crippen molar-refractivity contribution in [3.05, 3.63) is 0 Å². The molecule has 60 valence electrons. The maximum absolute atomic E-state index is 9.43. The molecule has 0 aromatic carbocycles. The van der Waals surface area contributed by atoms with Gasteiger partial charge >= 0.3 is 0 Å². The molecule has 0 aliphatic heterocycles. The number of nitrogens with one attached hydrogen (secondary N) is 1. The minimum Gasteiger partial charge on any atom is -0.392 e. The Morgan fingerprint density at radius 3 is 2.50 bits per heavy atom. The fourth-order valence-corrected chi connectivity index (χ4v) is 2.32. The van der Waals surface area contributed by atoms with E-state index < -0.39 is 0 Å². The summed E-state index contributed by atoms with van der Waals surface area (Å²) in [5.41, 5.74) is 0. The Morgan fingerprint density at radius 2 is 2.20 bits per heavy atom. The first kappa shape index (κ1) is 8.37. The molecule has 1 fully saturated rings. The van der Waals surface area contributed by atoms with E-state index in [0.29, 0.717) is 11.3 Å². The summed E-state index contributed by atoms with van der Waals surface area (Å²) in [5.74, 6) is 0. The van der Waals surface area contributed by atoms with E-state index >= 15 is 0 Å². The average Bonchev–Trinajstić information content (AvgIpc) is 2.30. The molecule has 0 radical (unpaired) electrons. The molecule has 1 rings (SSSR count). The first-order chi connectivity index (χ1) is 4.77. The van der Waals surface area contributed by atoms with Crippen molar-refractivity contribution >= 4 is 11.8 Å². The molecule has 0 unspecified atom stereocenters. The molecule has 1 saturated carbocycles. The highest BCUT2D eigenvalue weighted by Gasteiger charge is 2.30. The van der Waals surface area contributed by atoms with Crippen LogP contribution in [0.25, 0.3) is 0 Å². The van der Waals surface area contributed by atoms with Gasteiger partial charge in [0.15, 0.2) is 0 Å². The number of hydrogen-bond acceptors (Lipinski definition) is 3. The van der Waals surface area contributed by atoms with Crippen molar-refractivity contribution in [1.29, 1.82) is 0 Å². The second-order valence-electron chi connectivity index (χ2n) is 2.80. The summed E-state index contributed by atoms with van der Waals surface area (Å²) in [5, 5.41) is 13.1. The van der Waals surface area contributed by atoms with Gasteiger partial charge in [-0.25, -0.2) is 0 Å². The Labute approximate surface area is 66.4 Å². The van der Waals surface area contributed by atoms with E-state index in [1.165, 1.54) is 0 Å². The molecule has 10 heavy (non-hydrogen) atoms. The number of aliphatic hydroxyl groups excluding tert-OH is 1. The van der Waals surface area contributed by atoms with E-state index in [0.717, 1.165) is 12.8 Å². The molecule has 0 aromatic heterocycles. The van der Waals surface area contributed by atoms with Crippen LogP contribution in [0.2, 0.25) is 0 Å². The Hall–Kier alpha value is 0.270. The minimum atomic E-state index is -0.0903. The van der Waals surface area contributed by atoms with Crippen LogP contribution in [0.3, 0.4) is 0 Å². The lowest BCUT2D eigenvalue weighted by atomic mass is 10.2. The smallest absolute Gasteiger partial charge is 0.0674 e. The molecular weight excluding hydrogens is 146 g/mol. The molecule has 0 bridgehead atoms. The third kappa shape index (κ3) is 1.65. The van der Waals surface area contributed by atoms with Gasteiger partial charge in [0.25, 0.3) is 0 Å². The first-order valence-electron chi connectivity index (χ1n) is 3.66. The topological polar surface area (TPSA) is 32.3 Å². The molecule has 1 aliphatic carbocycles. The highest BCUT2D eigenvalue weighted by Crippen LogP contribution is 2.28. The molecule has 3 atom stereocenters. The molecule has 0 amide bonds. The molecule has 1 aliphatic rings. The molecule has 0 aromatic rings. The van der Waals surface area contributed by atoms with E-state index in [-0.39, 0.29) is 6.10 Å². The van der Waals surface area contributed by atoms with Gasteiger partial charge in [-0.05, 0) is 26.1 Å². The second kappa shape index (κ2) is 3.60. The molecule has 0 spiro atoms. The zero-order chi connectivity index (χ0) is 7.56. The van der Waals surface area contributed by atoms with Crippen LogP contribution in [-0.4, -0.2) is 35.8 Å². The highest BCUT2D eigenvalue weighted by molar-refractivity contribution is 7.99. The van der Waals surface area contributed by atoms with E-state index in [2.05, 4.69) is 11.6 Å². The molecular formula is C7H15NOS. The lowest BCUT2D eigenvalue weighted by Crippen LogP contribution is -2.21. The minimum absolute atomic E-state index is 0.0903. The van der Waals surface area contributed by atoms with E-state index in [9.17, 15) is 5.11 Å². The van der Waals surface area contributed by atoms with Gasteiger partial charge < -0.3 is 10.4 Å². The quantitative estimate of drug-likeness (QED) is 0.617. The van der Waals surface area contributed by atoms with Crippen LogP contribution in [0, 0.1) is 0 Å². The normalized spacial score (nSPS) is 40.5. The van der Waals surface area contributed by atoms with Crippen molar-refractivity contribution in [3.63, 3.8) is 0 Å². The number of thioether (sulfide) groups is 1. The van der Waals surface area contributed by atoms with Crippen LogP contribution in [-0.2, 0) is 0 Å². The SMILES string of the molecule is CN[C@H]1C[C@@H](O)[C@H](SC)C1. The summed E-state index contributed by atoms with van der Waals surface area (Å²) >= 11 is 1.77. The number of aliphatic hydroxyl groups is 1. The predicted molar refractivity (Wildman–Crippen MR) is 45.4 cm³/mol. The second-order valence-corrected chi connectivity index (χ2v) is 3.88. The van der Waals surface area contributed by atoms with E-state index in [4.69, 9.17) is 0 Å². The van der Waals surface area contributed by atoms with Crippen molar-refractivity contribution < 1.29 is 5.11 Å². The zero-order valence-corrected chi connectivity index (χ0v) is 7.32. The predicted octanol–water partition coefficient (Wildman–Crippen LogP) is 0.461. The Balaban J connectivity index is 2.36. The maximum Gasteiger partial charge on any atom is 0.0674 e. The first-order valence-corrected chi connectivity index (χ1v) is 4.95. The van der Waals surface area contributed by atoms with Gasteiger partial charge in [0.2, 0.25) is 0 Å². The Bertz CT molecular complexity index is 110.